The van der Waals surface area contributed by atoms with Gasteiger partial charge in [0.1, 0.15) is 0 Å². The highest BCUT2D eigenvalue weighted by molar-refractivity contribution is 5.75. The van der Waals surface area contributed by atoms with E-state index in [1.165, 1.54) is 44.9 Å². The molecule has 0 rings (SSSR count). The summed E-state index contributed by atoms with van der Waals surface area (Å²) in [5.41, 5.74) is 5.50. The van der Waals surface area contributed by atoms with Crippen LogP contribution in [0.3, 0.4) is 0 Å². The number of rotatable bonds is 14. The van der Waals surface area contributed by atoms with E-state index in [2.05, 4.69) is 19.2 Å². The van der Waals surface area contributed by atoms with E-state index >= 15 is 0 Å². The van der Waals surface area contributed by atoms with Gasteiger partial charge in [-0.15, -0.1) is 0 Å². The molecule has 0 saturated carbocycles. The molecule has 0 aliphatic heterocycles. The van der Waals surface area contributed by atoms with Crippen LogP contribution in [0.15, 0.2) is 0 Å². The van der Waals surface area contributed by atoms with Gasteiger partial charge in [0.05, 0.1) is 0 Å². The number of nitrogens with one attached hydrogen (secondary N) is 1. The molecule has 3 N–H and O–H groups in total. The van der Waals surface area contributed by atoms with Crippen molar-refractivity contribution in [3.05, 3.63) is 0 Å². The summed E-state index contributed by atoms with van der Waals surface area (Å²) in [5, 5.41) is 3.02. The van der Waals surface area contributed by atoms with Crippen molar-refractivity contribution in [3.8, 4) is 0 Å². The minimum absolute atomic E-state index is 0.205. The van der Waals surface area contributed by atoms with Crippen molar-refractivity contribution >= 4 is 5.91 Å². The van der Waals surface area contributed by atoms with Crippen LogP contribution in [-0.2, 0) is 4.79 Å². The predicted octanol–water partition coefficient (Wildman–Crippen LogP) is 4.01. The molecule has 0 aliphatic carbocycles. The van der Waals surface area contributed by atoms with Crippen LogP contribution < -0.4 is 11.1 Å². The van der Waals surface area contributed by atoms with E-state index in [9.17, 15) is 4.79 Å². The highest BCUT2D eigenvalue weighted by atomic mass is 16.1. The van der Waals surface area contributed by atoms with E-state index in [0.717, 1.165) is 32.4 Å². The standard InChI is InChI=1S/C17H36N2O/c1-3-4-5-6-7-8-9-10-15-19-17(20)12-11-16(2)13-14-18/h16H,3-15,18H2,1-2H3,(H,19,20). The maximum Gasteiger partial charge on any atom is 0.220 e. The molecule has 0 aromatic rings. The quantitative estimate of drug-likeness (QED) is 0.474. The second-order valence-corrected chi connectivity index (χ2v) is 6.05. The number of hydrogen-bond donors (Lipinski definition) is 2. The molecule has 1 atom stereocenters. The maximum atomic E-state index is 11.6. The van der Waals surface area contributed by atoms with Crippen LogP contribution in [0.4, 0.5) is 0 Å². The van der Waals surface area contributed by atoms with Crippen molar-refractivity contribution in [3.63, 3.8) is 0 Å². The first-order chi connectivity index (χ1) is 9.70. The Labute approximate surface area is 126 Å². The molecule has 0 aliphatic rings. The molecular formula is C17H36N2O. The lowest BCUT2D eigenvalue weighted by Crippen LogP contribution is -2.24. The number of carbonyl (C=O) groups excluding carboxylic acids is 1. The molecule has 3 heteroatoms. The Hall–Kier alpha value is -0.570. The van der Waals surface area contributed by atoms with Gasteiger partial charge in [-0.05, 0) is 31.7 Å². The second kappa shape index (κ2) is 14.8. The fourth-order valence-corrected chi connectivity index (χ4v) is 2.38. The molecule has 20 heavy (non-hydrogen) atoms. The third-order valence-electron chi connectivity index (χ3n) is 3.88. The first-order valence-electron chi connectivity index (χ1n) is 8.67. The fourth-order valence-electron chi connectivity index (χ4n) is 2.38. The number of hydrogen-bond acceptors (Lipinski definition) is 2. The number of amides is 1. The normalized spacial score (nSPS) is 12.3. The van der Waals surface area contributed by atoms with Crippen LogP contribution >= 0.6 is 0 Å². The largest absolute Gasteiger partial charge is 0.356 e. The monoisotopic (exact) mass is 284 g/mol. The minimum atomic E-state index is 0.205. The summed E-state index contributed by atoms with van der Waals surface area (Å²) in [6.45, 7) is 5.98. The van der Waals surface area contributed by atoms with Crippen LogP contribution in [0, 0.1) is 5.92 Å². The van der Waals surface area contributed by atoms with Crippen LogP contribution in [0.25, 0.3) is 0 Å². The first-order valence-corrected chi connectivity index (χ1v) is 8.67. The van der Waals surface area contributed by atoms with E-state index in [-0.39, 0.29) is 5.91 Å². The molecule has 0 fully saturated rings. The number of nitrogens with two attached hydrogens (primary N) is 1. The highest BCUT2D eigenvalue weighted by Gasteiger charge is 2.05. The Morgan fingerprint density at radius 3 is 2.20 bits per heavy atom. The number of carbonyl (C=O) groups is 1. The highest BCUT2D eigenvalue weighted by Crippen LogP contribution is 2.09. The smallest absolute Gasteiger partial charge is 0.220 e. The molecule has 0 bridgehead atoms. The molecule has 120 valence electrons. The maximum absolute atomic E-state index is 11.6. The zero-order valence-electron chi connectivity index (χ0n) is 13.8. The molecule has 0 heterocycles. The van der Waals surface area contributed by atoms with Crippen LogP contribution in [-0.4, -0.2) is 19.0 Å². The summed E-state index contributed by atoms with van der Waals surface area (Å²) in [4.78, 5) is 11.6. The van der Waals surface area contributed by atoms with Gasteiger partial charge in [0.25, 0.3) is 0 Å². The van der Waals surface area contributed by atoms with E-state index in [0.29, 0.717) is 12.3 Å². The van der Waals surface area contributed by atoms with E-state index in [1.807, 2.05) is 0 Å². The summed E-state index contributed by atoms with van der Waals surface area (Å²) in [6, 6.07) is 0. The summed E-state index contributed by atoms with van der Waals surface area (Å²) >= 11 is 0. The van der Waals surface area contributed by atoms with Crippen molar-refractivity contribution in [1.29, 1.82) is 0 Å². The second-order valence-electron chi connectivity index (χ2n) is 6.05. The van der Waals surface area contributed by atoms with Gasteiger partial charge in [-0.2, -0.15) is 0 Å². The fraction of sp³-hybridized carbons (Fsp3) is 0.941. The molecule has 0 aromatic heterocycles. The SMILES string of the molecule is CCCCCCCCCCNC(=O)CCC(C)CCN. The molecule has 0 aromatic carbocycles. The summed E-state index contributed by atoms with van der Waals surface area (Å²) in [7, 11) is 0. The Morgan fingerprint density at radius 2 is 1.60 bits per heavy atom. The summed E-state index contributed by atoms with van der Waals surface area (Å²) in [5.74, 6) is 0.769. The Balaban J connectivity index is 3.23. The lowest BCUT2D eigenvalue weighted by molar-refractivity contribution is -0.121. The molecule has 0 spiro atoms. The van der Waals surface area contributed by atoms with Gasteiger partial charge >= 0.3 is 0 Å². The molecular weight excluding hydrogens is 248 g/mol. The van der Waals surface area contributed by atoms with Crippen molar-refractivity contribution in [1.82, 2.24) is 5.32 Å². The van der Waals surface area contributed by atoms with Gasteiger partial charge in [0.15, 0.2) is 0 Å². The summed E-state index contributed by atoms with van der Waals surface area (Å²) < 4.78 is 0. The Kier molecular flexibility index (Phi) is 14.4. The van der Waals surface area contributed by atoms with Gasteiger partial charge in [-0.1, -0.05) is 58.8 Å². The lowest BCUT2D eigenvalue weighted by atomic mass is 10.0. The van der Waals surface area contributed by atoms with Gasteiger partial charge in [0.2, 0.25) is 5.91 Å². The van der Waals surface area contributed by atoms with Gasteiger partial charge < -0.3 is 11.1 Å². The average molecular weight is 284 g/mol. The van der Waals surface area contributed by atoms with Crippen LogP contribution in [0.1, 0.15) is 84.5 Å². The zero-order valence-corrected chi connectivity index (χ0v) is 13.8. The molecule has 1 unspecified atom stereocenters. The van der Waals surface area contributed by atoms with Crippen LogP contribution in [0.2, 0.25) is 0 Å². The third-order valence-corrected chi connectivity index (χ3v) is 3.88. The molecule has 1 amide bonds. The van der Waals surface area contributed by atoms with Gasteiger partial charge in [-0.25, -0.2) is 0 Å². The van der Waals surface area contributed by atoms with Crippen LogP contribution in [0.5, 0.6) is 0 Å². The molecule has 3 nitrogen and oxygen atoms in total. The van der Waals surface area contributed by atoms with Gasteiger partial charge in [0, 0.05) is 13.0 Å². The Bertz CT molecular complexity index is 219. The van der Waals surface area contributed by atoms with E-state index in [1.54, 1.807) is 0 Å². The van der Waals surface area contributed by atoms with Crippen molar-refractivity contribution < 1.29 is 4.79 Å². The lowest BCUT2D eigenvalue weighted by Gasteiger charge is -2.09. The average Bonchev–Trinajstić information content (AvgIpc) is 2.43. The molecule has 0 saturated heterocycles. The molecule has 0 radical (unpaired) electrons. The predicted molar refractivity (Wildman–Crippen MR) is 87.7 cm³/mol. The van der Waals surface area contributed by atoms with Gasteiger partial charge in [-0.3, -0.25) is 4.79 Å². The van der Waals surface area contributed by atoms with E-state index in [4.69, 9.17) is 5.73 Å². The first kappa shape index (κ1) is 19.4. The Morgan fingerprint density at radius 1 is 1.00 bits per heavy atom. The topological polar surface area (TPSA) is 55.1 Å². The third kappa shape index (κ3) is 13.9. The number of unbranched alkanes of at least 4 members (excludes halogenated alkanes) is 7. The van der Waals surface area contributed by atoms with Crippen molar-refractivity contribution in [2.75, 3.05) is 13.1 Å². The zero-order chi connectivity index (χ0) is 15.1. The van der Waals surface area contributed by atoms with E-state index < -0.39 is 0 Å². The minimum Gasteiger partial charge on any atom is -0.356 e. The van der Waals surface area contributed by atoms with Crippen molar-refractivity contribution in [2.45, 2.75) is 84.5 Å². The van der Waals surface area contributed by atoms with Crippen molar-refractivity contribution in [2.24, 2.45) is 11.7 Å². The summed E-state index contributed by atoms with van der Waals surface area (Å²) in [6.07, 6.45) is 13.1.